The molecule has 0 bridgehead atoms. The zero-order valence-corrected chi connectivity index (χ0v) is 17.5. The number of unbranched alkanes of at least 4 members (excludes halogenated alkanes) is 1. The highest BCUT2D eigenvalue weighted by Crippen LogP contribution is 2.31. The summed E-state index contributed by atoms with van der Waals surface area (Å²) < 4.78 is 9.48. The van der Waals surface area contributed by atoms with Gasteiger partial charge < -0.3 is 9.30 Å². The zero-order valence-electron chi connectivity index (χ0n) is 15.9. The third kappa shape index (κ3) is 3.47. The highest BCUT2D eigenvalue weighted by Gasteiger charge is 2.10. The first-order chi connectivity index (χ1) is 14.3. The van der Waals surface area contributed by atoms with Crippen molar-refractivity contribution in [2.45, 2.75) is 19.4 Å². The van der Waals surface area contributed by atoms with Gasteiger partial charge in [-0.05, 0) is 43.2 Å². The molecule has 144 valence electrons. The normalized spacial score (nSPS) is 11.5. The van der Waals surface area contributed by atoms with Crippen molar-refractivity contribution in [2.75, 3.05) is 6.61 Å². The summed E-state index contributed by atoms with van der Waals surface area (Å²) in [6.45, 7) is 1.59. The van der Waals surface area contributed by atoms with E-state index < -0.39 is 0 Å². The van der Waals surface area contributed by atoms with Gasteiger partial charge in [0, 0.05) is 27.3 Å². The summed E-state index contributed by atoms with van der Waals surface area (Å²) in [4.78, 5) is 8.59. The first kappa shape index (κ1) is 18.1. The molecule has 0 atom stereocenters. The van der Waals surface area contributed by atoms with E-state index in [0.717, 1.165) is 34.8 Å². The Bertz CT molecular complexity index is 1310. The van der Waals surface area contributed by atoms with Crippen LogP contribution in [0.2, 0.25) is 0 Å². The van der Waals surface area contributed by atoms with Gasteiger partial charge in [0.2, 0.25) is 5.88 Å². The molecule has 5 heteroatoms. The van der Waals surface area contributed by atoms with Crippen molar-refractivity contribution in [3.8, 4) is 5.88 Å². The highest BCUT2D eigenvalue weighted by atomic mass is 79.9. The van der Waals surface area contributed by atoms with E-state index in [2.05, 4.69) is 72.9 Å². The fraction of sp³-hybridized carbons (Fsp3) is 0.167. The van der Waals surface area contributed by atoms with E-state index >= 15 is 0 Å². The SMILES string of the molecule is Brc1ccc2c3ccccc3n(CCCCOc3ncnc4ccccc34)c2c1. The Morgan fingerprint density at radius 3 is 2.52 bits per heavy atom. The van der Waals surface area contributed by atoms with Gasteiger partial charge in [0.15, 0.2) is 0 Å². The molecule has 0 aliphatic rings. The third-order valence-electron chi connectivity index (χ3n) is 5.26. The Labute approximate surface area is 177 Å². The predicted molar refractivity (Wildman–Crippen MR) is 121 cm³/mol. The number of nitrogens with zero attached hydrogens (tertiary/aromatic N) is 3. The molecule has 0 radical (unpaired) electrons. The standard InChI is InChI=1S/C24H20BrN3O/c25-17-11-12-19-18-7-2-4-10-22(18)28(23(19)15-17)13-5-6-14-29-24-20-8-1-3-9-21(20)26-16-27-24/h1-4,7-12,15-16H,5-6,13-14H2. The van der Waals surface area contributed by atoms with Gasteiger partial charge in [0.25, 0.3) is 0 Å². The Kier molecular flexibility index (Phi) is 4.90. The summed E-state index contributed by atoms with van der Waals surface area (Å²) in [6.07, 6.45) is 3.55. The Hall–Kier alpha value is -2.92. The van der Waals surface area contributed by atoms with Gasteiger partial charge in [-0.25, -0.2) is 9.97 Å². The van der Waals surface area contributed by atoms with Crippen molar-refractivity contribution in [1.82, 2.24) is 14.5 Å². The highest BCUT2D eigenvalue weighted by molar-refractivity contribution is 9.10. The first-order valence-corrected chi connectivity index (χ1v) is 10.6. The Morgan fingerprint density at radius 1 is 0.793 bits per heavy atom. The summed E-state index contributed by atoms with van der Waals surface area (Å²) in [5, 5.41) is 3.56. The molecule has 0 spiro atoms. The first-order valence-electron chi connectivity index (χ1n) is 9.80. The van der Waals surface area contributed by atoms with Crippen LogP contribution in [0.1, 0.15) is 12.8 Å². The molecule has 0 fully saturated rings. The van der Waals surface area contributed by atoms with Crippen LogP contribution in [0.3, 0.4) is 0 Å². The molecule has 0 aliphatic heterocycles. The number of ether oxygens (including phenoxy) is 1. The zero-order chi connectivity index (χ0) is 19.6. The molecule has 0 unspecified atom stereocenters. The smallest absolute Gasteiger partial charge is 0.224 e. The minimum atomic E-state index is 0.641. The maximum atomic E-state index is 5.96. The molecule has 0 amide bonds. The van der Waals surface area contributed by atoms with E-state index in [9.17, 15) is 0 Å². The topological polar surface area (TPSA) is 39.9 Å². The van der Waals surface area contributed by atoms with Crippen LogP contribution < -0.4 is 4.74 Å². The van der Waals surface area contributed by atoms with Crippen LogP contribution in [0.15, 0.2) is 77.5 Å². The lowest BCUT2D eigenvalue weighted by atomic mass is 10.2. The molecule has 0 N–H and O–H groups in total. The molecule has 5 aromatic rings. The van der Waals surface area contributed by atoms with Gasteiger partial charge in [0.05, 0.1) is 23.0 Å². The number of fused-ring (bicyclic) bond motifs is 4. The number of hydrogen-bond acceptors (Lipinski definition) is 3. The monoisotopic (exact) mass is 445 g/mol. The van der Waals surface area contributed by atoms with Crippen molar-refractivity contribution in [2.24, 2.45) is 0 Å². The van der Waals surface area contributed by atoms with Crippen LogP contribution in [0.5, 0.6) is 5.88 Å². The van der Waals surface area contributed by atoms with Crippen LogP contribution in [-0.2, 0) is 6.54 Å². The number of para-hydroxylation sites is 2. The van der Waals surface area contributed by atoms with E-state index in [0.29, 0.717) is 12.5 Å². The molecule has 0 saturated carbocycles. The van der Waals surface area contributed by atoms with Gasteiger partial charge in [-0.3, -0.25) is 0 Å². The van der Waals surface area contributed by atoms with Crippen LogP contribution in [0.4, 0.5) is 0 Å². The Balaban J connectivity index is 1.30. The van der Waals surface area contributed by atoms with Gasteiger partial charge in [-0.15, -0.1) is 0 Å². The van der Waals surface area contributed by atoms with Crippen LogP contribution in [0, 0.1) is 0 Å². The van der Waals surface area contributed by atoms with Gasteiger partial charge in [-0.1, -0.05) is 52.3 Å². The summed E-state index contributed by atoms with van der Waals surface area (Å²) >= 11 is 3.62. The van der Waals surface area contributed by atoms with Crippen molar-refractivity contribution in [1.29, 1.82) is 0 Å². The quantitative estimate of drug-likeness (QED) is 0.285. The lowest BCUT2D eigenvalue weighted by molar-refractivity contribution is 0.296. The van der Waals surface area contributed by atoms with E-state index in [1.807, 2.05) is 24.3 Å². The lowest BCUT2D eigenvalue weighted by Crippen LogP contribution is -2.03. The van der Waals surface area contributed by atoms with Crippen molar-refractivity contribution in [3.63, 3.8) is 0 Å². The van der Waals surface area contributed by atoms with Crippen LogP contribution >= 0.6 is 15.9 Å². The number of aromatic nitrogens is 3. The summed E-state index contributed by atoms with van der Waals surface area (Å²) in [5.41, 5.74) is 3.46. The second-order valence-electron chi connectivity index (χ2n) is 7.08. The number of hydrogen-bond donors (Lipinski definition) is 0. The molecular formula is C24H20BrN3O. The lowest BCUT2D eigenvalue weighted by Gasteiger charge is -2.09. The van der Waals surface area contributed by atoms with Crippen molar-refractivity contribution >= 4 is 48.6 Å². The fourth-order valence-corrected chi connectivity index (χ4v) is 4.25. The van der Waals surface area contributed by atoms with E-state index in [1.165, 1.54) is 21.8 Å². The molecule has 29 heavy (non-hydrogen) atoms. The average Bonchev–Trinajstić information content (AvgIpc) is 3.06. The second kappa shape index (κ2) is 7.84. The molecule has 0 aliphatic carbocycles. The van der Waals surface area contributed by atoms with Gasteiger partial charge >= 0.3 is 0 Å². The summed E-state index contributed by atoms with van der Waals surface area (Å²) in [7, 11) is 0. The minimum absolute atomic E-state index is 0.641. The van der Waals surface area contributed by atoms with E-state index in [1.54, 1.807) is 6.33 Å². The number of aryl methyl sites for hydroxylation is 1. The van der Waals surface area contributed by atoms with E-state index in [4.69, 9.17) is 4.74 Å². The Morgan fingerprint density at radius 2 is 1.59 bits per heavy atom. The molecule has 0 saturated heterocycles. The molecule has 2 heterocycles. The van der Waals surface area contributed by atoms with Gasteiger partial charge in [-0.2, -0.15) is 0 Å². The number of rotatable bonds is 6. The fourth-order valence-electron chi connectivity index (χ4n) is 3.90. The third-order valence-corrected chi connectivity index (χ3v) is 5.75. The molecular weight excluding hydrogens is 426 g/mol. The van der Waals surface area contributed by atoms with Crippen molar-refractivity contribution in [3.05, 3.63) is 77.5 Å². The summed E-state index contributed by atoms with van der Waals surface area (Å²) in [6, 6.07) is 23.1. The number of benzene rings is 3. The number of halogens is 1. The molecule has 3 aromatic carbocycles. The maximum Gasteiger partial charge on any atom is 0.224 e. The summed E-state index contributed by atoms with van der Waals surface area (Å²) in [5.74, 6) is 0.663. The largest absolute Gasteiger partial charge is 0.477 e. The van der Waals surface area contributed by atoms with Crippen LogP contribution in [0.25, 0.3) is 32.7 Å². The van der Waals surface area contributed by atoms with Crippen molar-refractivity contribution < 1.29 is 4.74 Å². The average molecular weight is 446 g/mol. The van der Waals surface area contributed by atoms with Gasteiger partial charge in [0.1, 0.15) is 6.33 Å². The minimum Gasteiger partial charge on any atom is -0.477 e. The molecule has 5 rings (SSSR count). The molecule has 4 nitrogen and oxygen atoms in total. The van der Waals surface area contributed by atoms with E-state index in [-0.39, 0.29) is 0 Å². The maximum absolute atomic E-state index is 5.96. The predicted octanol–water partition coefficient (Wildman–Crippen LogP) is 6.36. The van der Waals surface area contributed by atoms with Crippen LogP contribution in [-0.4, -0.2) is 21.1 Å². The molecule has 2 aromatic heterocycles. The second-order valence-corrected chi connectivity index (χ2v) is 8.00.